The molecule has 2 aliphatic rings. The second-order valence-electron chi connectivity index (χ2n) is 8.80. The first-order chi connectivity index (χ1) is 12.6. The van der Waals surface area contributed by atoms with Gasteiger partial charge in [0.2, 0.25) is 0 Å². The van der Waals surface area contributed by atoms with Gasteiger partial charge in [-0.05, 0) is 55.4 Å². The molecular formula is C24H33N2+. The van der Waals surface area contributed by atoms with Crippen LogP contribution >= 0.6 is 0 Å². The van der Waals surface area contributed by atoms with Crippen LogP contribution in [0.2, 0.25) is 0 Å². The smallest absolute Gasteiger partial charge is 0.0903 e. The van der Waals surface area contributed by atoms with Gasteiger partial charge in [0, 0.05) is 24.7 Å². The molecule has 4 rings (SSSR count). The van der Waals surface area contributed by atoms with Crippen molar-refractivity contribution >= 4 is 5.69 Å². The summed E-state index contributed by atoms with van der Waals surface area (Å²) in [5.74, 6) is 0. The van der Waals surface area contributed by atoms with Crippen LogP contribution in [0, 0.1) is 0 Å². The van der Waals surface area contributed by atoms with E-state index in [0.717, 1.165) is 6.04 Å². The Labute approximate surface area is 159 Å². The number of piperidine rings is 1. The van der Waals surface area contributed by atoms with E-state index < -0.39 is 0 Å². The van der Waals surface area contributed by atoms with Gasteiger partial charge in [-0.1, -0.05) is 42.5 Å². The SMILES string of the molecule is C[N+]1(C)CCCC[C@H]1CCN(c1ccccc1)C1Cc2ccccc2C1. The number of benzene rings is 2. The Morgan fingerprint density at radius 1 is 0.885 bits per heavy atom. The Balaban J connectivity index is 1.51. The molecule has 2 aromatic carbocycles. The normalized spacial score (nSPS) is 22.2. The molecule has 2 aromatic rings. The highest BCUT2D eigenvalue weighted by Gasteiger charge is 2.33. The number of nitrogens with zero attached hydrogens (tertiary/aromatic N) is 2. The van der Waals surface area contributed by atoms with E-state index in [1.165, 1.54) is 61.8 Å². The summed E-state index contributed by atoms with van der Waals surface area (Å²) in [7, 11) is 4.87. The van der Waals surface area contributed by atoms with Gasteiger partial charge in [-0.3, -0.25) is 0 Å². The molecule has 1 atom stereocenters. The molecule has 138 valence electrons. The Bertz CT molecular complexity index is 697. The molecule has 2 nitrogen and oxygen atoms in total. The third-order valence-corrected chi connectivity index (χ3v) is 6.77. The van der Waals surface area contributed by atoms with Gasteiger partial charge in [-0.25, -0.2) is 0 Å². The van der Waals surface area contributed by atoms with E-state index in [1.54, 1.807) is 11.1 Å². The highest BCUT2D eigenvalue weighted by atomic mass is 15.3. The van der Waals surface area contributed by atoms with Crippen LogP contribution in [-0.4, -0.2) is 43.8 Å². The first-order valence-corrected chi connectivity index (χ1v) is 10.3. The van der Waals surface area contributed by atoms with Crippen LogP contribution < -0.4 is 4.90 Å². The number of likely N-dealkylation sites (tertiary alicyclic amines) is 1. The molecule has 1 aliphatic heterocycles. The highest BCUT2D eigenvalue weighted by molar-refractivity contribution is 5.49. The zero-order chi connectivity index (χ0) is 18.0. The molecule has 0 N–H and O–H groups in total. The zero-order valence-corrected chi connectivity index (χ0v) is 16.4. The maximum atomic E-state index is 2.70. The maximum absolute atomic E-state index is 2.70. The quantitative estimate of drug-likeness (QED) is 0.709. The number of quaternary nitrogens is 1. The Hall–Kier alpha value is -1.80. The van der Waals surface area contributed by atoms with Crippen molar-refractivity contribution in [3.8, 4) is 0 Å². The van der Waals surface area contributed by atoms with Crippen LogP contribution in [0.4, 0.5) is 5.69 Å². The number of fused-ring (bicyclic) bond motifs is 1. The summed E-state index contributed by atoms with van der Waals surface area (Å²) < 4.78 is 1.20. The number of anilines is 1. The van der Waals surface area contributed by atoms with E-state index in [1.807, 2.05) is 0 Å². The van der Waals surface area contributed by atoms with Gasteiger partial charge in [0.1, 0.15) is 0 Å². The predicted molar refractivity (Wildman–Crippen MR) is 111 cm³/mol. The van der Waals surface area contributed by atoms with E-state index in [-0.39, 0.29) is 0 Å². The van der Waals surface area contributed by atoms with Crippen molar-refractivity contribution in [2.75, 3.05) is 32.1 Å². The van der Waals surface area contributed by atoms with E-state index in [9.17, 15) is 0 Å². The molecule has 0 bridgehead atoms. The zero-order valence-electron chi connectivity index (χ0n) is 16.4. The monoisotopic (exact) mass is 349 g/mol. The third kappa shape index (κ3) is 3.66. The molecule has 0 unspecified atom stereocenters. The standard InChI is InChI=1S/C24H33N2/c1-26(2)17-9-8-14-24(26)15-16-25(22-12-4-3-5-13-22)23-18-20-10-6-7-11-21(20)19-23/h3-7,10-13,23-24H,8-9,14-19H2,1-2H3/q+1/t24-/m0/s1. The molecular weight excluding hydrogens is 316 g/mol. The van der Waals surface area contributed by atoms with E-state index >= 15 is 0 Å². The molecule has 1 saturated heterocycles. The summed E-state index contributed by atoms with van der Waals surface area (Å²) in [6.45, 7) is 2.51. The summed E-state index contributed by atoms with van der Waals surface area (Å²) in [4.78, 5) is 2.70. The number of rotatable bonds is 5. The van der Waals surface area contributed by atoms with E-state index in [2.05, 4.69) is 73.6 Å². The van der Waals surface area contributed by atoms with Gasteiger partial charge in [-0.15, -0.1) is 0 Å². The summed E-state index contributed by atoms with van der Waals surface area (Å²) in [5, 5.41) is 0. The molecule has 26 heavy (non-hydrogen) atoms. The Morgan fingerprint density at radius 3 is 2.19 bits per heavy atom. The van der Waals surface area contributed by atoms with Crippen LogP contribution in [0.3, 0.4) is 0 Å². The fourth-order valence-electron chi connectivity index (χ4n) is 5.11. The lowest BCUT2D eigenvalue weighted by molar-refractivity contribution is -0.920. The van der Waals surface area contributed by atoms with Gasteiger partial charge in [0.25, 0.3) is 0 Å². The van der Waals surface area contributed by atoms with Crippen LogP contribution in [0.1, 0.15) is 36.8 Å². The predicted octanol–water partition coefficient (Wildman–Crippen LogP) is 4.68. The number of para-hydroxylation sites is 1. The Kier molecular flexibility index (Phi) is 5.04. The van der Waals surface area contributed by atoms with E-state index in [4.69, 9.17) is 0 Å². The molecule has 0 amide bonds. The minimum absolute atomic E-state index is 0.606. The molecule has 1 heterocycles. The summed E-state index contributed by atoms with van der Waals surface area (Å²) in [6, 6.07) is 21.5. The molecule has 0 aromatic heterocycles. The second-order valence-corrected chi connectivity index (χ2v) is 8.80. The fourth-order valence-corrected chi connectivity index (χ4v) is 5.11. The van der Waals surface area contributed by atoms with Crippen molar-refractivity contribution in [1.82, 2.24) is 0 Å². The fraction of sp³-hybridized carbons (Fsp3) is 0.500. The second kappa shape index (κ2) is 7.44. The van der Waals surface area contributed by atoms with Gasteiger partial charge in [-0.2, -0.15) is 0 Å². The lowest BCUT2D eigenvalue weighted by Crippen LogP contribution is -2.53. The van der Waals surface area contributed by atoms with Gasteiger partial charge in [0.15, 0.2) is 0 Å². The lowest BCUT2D eigenvalue weighted by Gasteiger charge is -2.43. The molecule has 0 radical (unpaired) electrons. The van der Waals surface area contributed by atoms with Gasteiger partial charge < -0.3 is 9.38 Å². The molecule has 1 aliphatic carbocycles. The van der Waals surface area contributed by atoms with Crippen LogP contribution in [0.15, 0.2) is 54.6 Å². The molecule has 1 fully saturated rings. The third-order valence-electron chi connectivity index (χ3n) is 6.77. The van der Waals surface area contributed by atoms with Crippen molar-refractivity contribution in [3.63, 3.8) is 0 Å². The minimum Gasteiger partial charge on any atom is -0.368 e. The van der Waals surface area contributed by atoms with Gasteiger partial charge in [0.05, 0.1) is 26.7 Å². The van der Waals surface area contributed by atoms with Crippen LogP contribution in [-0.2, 0) is 12.8 Å². The minimum atomic E-state index is 0.606. The average molecular weight is 350 g/mol. The number of hydrogen-bond acceptors (Lipinski definition) is 1. The average Bonchev–Trinajstić information content (AvgIpc) is 3.07. The first-order valence-electron chi connectivity index (χ1n) is 10.3. The summed E-state index contributed by atoms with van der Waals surface area (Å²) in [6.07, 6.45) is 7.87. The molecule has 0 spiro atoms. The topological polar surface area (TPSA) is 3.24 Å². The summed E-state index contributed by atoms with van der Waals surface area (Å²) >= 11 is 0. The summed E-state index contributed by atoms with van der Waals surface area (Å²) in [5.41, 5.74) is 4.49. The maximum Gasteiger partial charge on any atom is 0.0903 e. The van der Waals surface area contributed by atoms with Gasteiger partial charge >= 0.3 is 0 Å². The van der Waals surface area contributed by atoms with Crippen molar-refractivity contribution in [2.24, 2.45) is 0 Å². The van der Waals surface area contributed by atoms with Crippen molar-refractivity contribution < 1.29 is 4.48 Å². The highest BCUT2D eigenvalue weighted by Crippen LogP contribution is 2.31. The van der Waals surface area contributed by atoms with Crippen LogP contribution in [0.5, 0.6) is 0 Å². The van der Waals surface area contributed by atoms with Crippen molar-refractivity contribution in [3.05, 3.63) is 65.7 Å². The van der Waals surface area contributed by atoms with Crippen molar-refractivity contribution in [1.29, 1.82) is 0 Å². The lowest BCUT2D eigenvalue weighted by atomic mass is 9.96. The molecule has 2 heteroatoms. The van der Waals surface area contributed by atoms with Crippen LogP contribution in [0.25, 0.3) is 0 Å². The van der Waals surface area contributed by atoms with E-state index in [0.29, 0.717) is 6.04 Å². The largest absolute Gasteiger partial charge is 0.368 e. The first kappa shape index (κ1) is 17.6. The Morgan fingerprint density at radius 2 is 1.54 bits per heavy atom. The number of hydrogen-bond donors (Lipinski definition) is 0. The molecule has 0 saturated carbocycles. The van der Waals surface area contributed by atoms with Crippen molar-refractivity contribution in [2.45, 2.75) is 50.6 Å².